The molecule has 30 heavy (non-hydrogen) atoms. The van der Waals surface area contributed by atoms with Crippen LogP contribution in [0.4, 0.5) is 0 Å². The Morgan fingerprint density at radius 1 is 0.833 bits per heavy atom. The quantitative estimate of drug-likeness (QED) is 0.320. The third kappa shape index (κ3) is 2.59. The molecule has 0 saturated heterocycles. The van der Waals surface area contributed by atoms with Gasteiger partial charge in [0.25, 0.3) is 0 Å². The fourth-order valence-electron chi connectivity index (χ4n) is 4.80. The van der Waals surface area contributed by atoms with Crippen LogP contribution in [0.5, 0.6) is 0 Å². The molecule has 4 aromatic rings. The first-order valence-electron chi connectivity index (χ1n) is 10.3. The standard InChI is InChI=1S/C29H24S/c1-6-10-21-18(4)29-19(5)22(13-14-24(29)20(21)7-2)25-16-26-23-11-8-9-12-27(23)30-28(26)15-17(25)3/h6-16H,2,4H2,1,3,5H3/b10-6-. The normalized spacial score (nSPS) is 13.8. The molecule has 0 spiro atoms. The SMILES string of the molecule is C=CC1=C(/C=C\C)C(=C)c2c1ccc(-c1cc3c(cc1C)sc1ccccc13)c2C. The third-order valence-corrected chi connectivity index (χ3v) is 7.36. The Bertz CT molecular complexity index is 1440. The number of hydrogen-bond acceptors (Lipinski definition) is 1. The molecule has 0 amide bonds. The maximum absolute atomic E-state index is 4.44. The van der Waals surface area contributed by atoms with Crippen molar-refractivity contribution in [1.29, 1.82) is 0 Å². The molecule has 0 unspecified atom stereocenters. The van der Waals surface area contributed by atoms with Crippen molar-refractivity contribution < 1.29 is 0 Å². The van der Waals surface area contributed by atoms with E-state index >= 15 is 0 Å². The van der Waals surface area contributed by atoms with E-state index in [-0.39, 0.29) is 0 Å². The molecular formula is C29H24S. The minimum absolute atomic E-state index is 1.09. The number of aryl methyl sites for hydroxylation is 1. The molecule has 0 bridgehead atoms. The summed E-state index contributed by atoms with van der Waals surface area (Å²) in [6, 6.07) is 17.9. The molecule has 0 aliphatic heterocycles. The average molecular weight is 405 g/mol. The highest BCUT2D eigenvalue weighted by atomic mass is 32.1. The molecule has 1 heteroatoms. The summed E-state index contributed by atoms with van der Waals surface area (Å²) in [4.78, 5) is 0. The largest absolute Gasteiger partial charge is 0.135 e. The van der Waals surface area contributed by atoms with Crippen LogP contribution in [0.15, 0.2) is 85.5 Å². The highest BCUT2D eigenvalue weighted by molar-refractivity contribution is 7.25. The van der Waals surface area contributed by atoms with Crippen molar-refractivity contribution in [2.75, 3.05) is 0 Å². The molecule has 0 fully saturated rings. The van der Waals surface area contributed by atoms with Crippen LogP contribution in [0.3, 0.4) is 0 Å². The van der Waals surface area contributed by atoms with Crippen LogP contribution in [-0.4, -0.2) is 0 Å². The lowest BCUT2D eigenvalue weighted by atomic mass is 9.89. The highest BCUT2D eigenvalue weighted by Crippen LogP contribution is 2.46. The van der Waals surface area contributed by atoms with E-state index in [1.54, 1.807) is 0 Å². The average Bonchev–Trinajstić information content (AvgIpc) is 3.23. The molecule has 0 atom stereocenters. The lowest BCUT2D eigenvalue weighted by molar-refractivity contribution is 1.39. The van der Waals surface area contributed by atoms with Crippen LogP contribution in [0.25, 0.3) is 42.4 Å². The van der Waals surface area contributed by atoms with Crippen LogP contribution in [0.1, 0.15) is 29.2 Å². The molecule has 146 valence electrons. The van der Waals surface area contributed by atoms with Crippen LogP contribution < -0.4 is 0 Å². The summed E-state index contributed by atoms with van der Waals surface area (Å²) in [5, 5.41) is 2.68. The van der Waals surface area contributed by atoms with Crippen LogP contribution in [0, 0.1) is 13.8 Å². The van der Waals surface area contributed by atoms with Crippen molar-refractivity contribution in [2.24, 2.45) is 0 Å². The van der Waals surface area contributed by atoms with Gasteiger partial charge in [0.15, 0.2) is 0 Å². The monoisotopic (exact) mass is 404 g/mol. The summed E-state index contributed by atoms with van der Waals surface area (Å²) in [5.41, 5.74) is 11.1. The first kappa shape index (κ1) is 18.8. The molecule has 3 aromatic carbocycles. The molecular weight excluding hydrogens is 380 g/mol. The molecule has 1 heterocycles. The minimum atomic E-state index is 1.09. The second-order valence-corrected chi connectivity index (χ2v) is 9.02. The van der Waals surface area contributed by atoms with Crippen molar-refractivity contribution >= 4 is 42.7 Å². The van der Waals surface area contributed by atoms with Gasteiger partial charge in [-0.15, -0.1) is 11.3 Å². The number of hydrogen-bond donors (Lipinski definition) is 0. The van der Waals surface area contributed by atoms with Gasteiger partial charge >= 0.3 is 0 Å². The number of rotatable bonds is 3. The van der Waals surface area contributed by atoms with Gasteiger partial charge in [-0.2, -0.15) is 0 Å². The summed E-state index contributed by atoms with van der Waals surface area (Å²) >= 11 is 1.87. The van der Waals surface area contributed by atoms with Gasteiger partial charge in [-0.05, 0) is 89.1 Å². The van der Waals surface area contributed by atoms with Crippen LogP contribution in [-0.2, 0) is 0 Å². The Hall–Kier alpha value is -3.16. The summed E-state index contributed by atoms with van der Waals surface area (Å²) < 4.78 is 2.70. The Morgan fingerprint density at radius 3 is 2.37 bits per heavy atom. The second-order valence-electron chi connectivity index (χ2n) is 7.93. The van der Waals surface area contributed by atoms with Gasteiger partial charge in [-0.1, -0.05) is 61.7 Å². The van der Waals surface area contributed by atoms with Crippen molar-refractivity contribution in [2.45, 2.75) is 20.8 Å². The van der Waals surface area contributed by atoms with Crippen molar-refractivity contribution in [3.63, 3.8) is 0 Å². The maximum Gasteiger partial charge on any atom is 0.0358 e. The zero-order valence-electron chi connectivity index (χ0n) is 17.7. The van der Waals surface area contributed by atoms with Crippen LogP contribution >= 0.6 is 11.3 Å². The zero-order chi connectivity index (χ0) is 21.0. The number of thiophene rings is 1. The zero-order valence-corrected chi connectivity index (χ0v) is 18.5. The first-order valence-corrected chi connectivity index (χ1v) is 11.1. The van der Waals surface area contributed by atoms with Gasteiger partial charge in [0.2, 0.25) is 0 Å². The van der Waals surface area contributed by atoms with E-state index in [2.05, 4.69) is 87.7 Å². The summed E-state index contributed by atoms with van der Waals surface area (Å²) in [6.07, 6.45) is 6.18. The third-order valence-electron chi connectivity index (χ3n) is 6.22. The number of benzene rings is 3. The van der Waals surface area contributed by atoms with E-state index in [9.17, 15) is 0 Å². The molecule has 1 aliphatic carbocycles. The topological polar surface area (TPSA) is 0 Å². The number of fused-ring (bicyclic) bond motifs is 4. The maximum atomic E-state index is 4.44. The first-order chi connectivity index (χ1) is 14.5. The molecule has 1 aliphatic rings. The van der Waals surface area contributed by atoms with E-state index in [4.69, 9.17) is 0 Å². The number of allylic oxidation sites excluding steroid dienone is 6. The van der Waals surface area contributed by atoms with Crippen LogP contribution in [0.2, 0.25) is 0 Å². The van der Waals surface area contributed by atoms with Crippen molar-refractivity contribution in [3.8, 4) is 11.1 Å². The fourth-order valence-corrected chi connectivity index (χ4v) is 5.99. The summed E-state index contributed by atoms with van der Waals surface area (Å²) in [7, 11) is 0. The predicted octanol–water partition coefficient (Wildman–Crippen LogP) is 8.88. The van der Waals surface area contributed by atoms with Gasteiger partial charge in [0, 0.05) is 20.2 Å². The van der Waals surface area contributed by atoms with Gasteiger partial charge in [-0.3, -0.25) is 0 Å². The molecule has 0 saturated carbocycles. The van der Waals surface area contributed by atoms with E-state index < -0.39 is 0 Å². The van der Waals surface area contributed by atoms with Gasteiger partial charge < -0.3 is 0 Å². The lowest BCUT2D eigenvalue weighted by Crippen LogP contribution is -1.94. The van der Waals surface area contributed by atoms with Gasteiger partial charge in [-0.25, -0.2) is 0 Å². The second kappa shape index (κ2) is 6.97. The smallest absolute Gasteiger partial charge is 0.0358 e. The Labute approximate surface area is 182 Å². The summed E-state index contributed by atoms with van der Waals surface area (Å²) in [5.74, 6) is 0. The van der Waals surface area contributed by atoms with Gasteiger partial charge in [0.1, 0.15) is 0 Å². The van der Waals surface area contributed by atoms with Gasteiger partial charge in [0.05, 0.1) is 0 Å². The van der Waals surface area contributed by atoms with Crippen molar-refractivity contribution in [1.82, 2.24) is 0 Å². The van der Waals surface area contributed by atoms with E-state index in [0.29, 0.717) is 0 Å². The predicted molar refractivity (Wildman–Crippen MR) is 135 cm³/mol. The molecule has 0 radical (unpaired) electrons. The summed E-state index contributed by atoms with van der Waals surface area (Å²) in [6.45, 7) is 15.0. The Kier molecular flexibility index (Phi) is 4.38. The van der Waals surface area contributed by atoms with E-state index in [1.165, 1.54) is 64.7 Å². The fraction of sp³-hybridized carbons (Fsp3) is 0.103. The molecule has 1 aromatic heterocycles. The lowest BCUT2D eigenvalue weighted by Gasteiger charge is -2.15. The minimum Gasteiger partial charge on any atom is -0.135 e. The van der Waals surface area contributed by atoms with E-state index in [1.807, 2.05) is 24.3 Å². The molecule has 0 N–H and O–H groups in total. The van der Waals surface area contributed by atoms with E-state index in [0.717, 1.165) is 5.57 Å². The van der Waals surface area contributed by atoms with Crippen molar-refractivity contribution in [3.05, 3.63) is 108 Å². The molecule has 5 rings (SSSR count). The Balaban J connectivity index is 1.75. The highest BCUT2D eigenvalue weighted by Gasteiger charge is 2.25. The molecule has 0 nitrogen and oxygen atoms in total. The Morgan fingerprint density at radius 2 is 1.60 bits per heavy atom.